The molecule has 0 radical (unpaired) electrons. The number of alkyl carbamates (subject to hydrolysis) is 1. The van der Waals surface area contributed by atoms with Crippen molar-refractivity contribution < 1.29 is 14.3 Å². The van der Waals surface area contributed by atoms with E-state index < -0.39 is 17.7 Å². The van der Waals surface area contributed by atoms with Gasteiger partial charge in [0.2, 0.25) is 0 Å². The largest absolute Gasteiger partial charge is 0.494 e. The van der Waals surface area contributed by atoms with Gasteiger partial charge in [0.05, 0.1) is 24.9 Å². The number of nitrogens with one attached hydrogen (secondary N) is 1. The van der Waals surface area contributed by atoms with Crippen LogP contribution in [0, 0.1) is 11.3 Å². The molecule has 2 rings (SSSR count). The van der Waals surface area contributed by atoms with Crippen LogP contribution in [0.25, 0.3) is 11.1 Å². The van der Waals surface area contributed by atoms with Crippen LogP contribution in [0.4, 0.5) is 4.79 Å². The third-order valence-corrected chi connectivity index (χ3v) is 3.85. The highest BCUT2D eigenvalue weighted by molar-refractivity contribution is 5.70. The van der Waals surface area contributed by atoms with Crippen LogP contribution in [-0.2, 0) is 18.2 Å². The van der Waals surface area contributed by atoms with Gasteiger partial charge in [0.15, 0.2) is 5.75 Å². The molecule has 0 spiro atoms. The second-order valence-electron chi connectivity index (χ2n) is 7.25. The van der Waals surface area contributed by atoms with Gasteiger partial charge in [0.1, 0.15) is 11.6 Å². The van der Waals surface area contributed by atoms with E-state index in [-0.39, 0.29) is 5.56 Å². The molecule has 1 aromatic heterocycles. The van der Waals surface area contributed by atoms with Crippen molar-refractivity contribution in [1.29, 1.82) is 5.26 Å². The highest BCUT2D eigenvalue weighted by atomic mass is 16.6. The summed E-state index contributed by atoms with van der Waals surface area (Å²) in [7, 11) is 3.05. The van der Waals surface area contributed by atoms with Crippen LogP contribution in [-0.4, -0.2) is 34.6 Å². The molecule has 2 aromatic rings. The first-order valence-corrected chi connectivity index (χ1v) is 8.73. The van der Waals surface area contributed by atoms with Crippen molar-refractivity contribution in [3.8, 4) is 22.9 Å². The molecule has 148 valence electrons. The van der Waals surface area contributed by atoms with E-state index in [9.17, 15) is 14.9 Å². The van der Waals surface area contributed by atoms with Gasteiger partial charge in [-0.15, -0.1) is 0 Å². The summed E-state index contributed by atoms with van der Waals surface area (Å²) in [6.45, 7) is 5.26. The minimum Gasteiger partial charge on any atom is -0.494 e. The molecule has 1 N–H and O–H groups in total. The number of nitriles is 1. The number of rotatable bonds is 5. The molecule has 1 amide bonds. The predicted molar refractivity (Wildman–Crippen MR) is 104 cm³/mol. The molecule has 1 heterocycles. The third kappa shape index (κ3) is 5.33. The first kappa shape index (κ1) is 21.0. The van der Waals surface area contributed by atoms with Crippen LogP contribution < -0.4 is 15.6 Å². The number of hydrogen-bond acceptors (Lipinski definition) is 6. The number of aryl methyl sites for hydroxylation is 1. The minimum absolute atomic E-state index is 0.270. The van der Waals surface area contributed by atoms with E-state index in [1.54, 1.807) is 52.1 Å². The Morgan fingerprint density at radius 3 is 2.50 bits per heavy atom. The van der Waals surface area contributed by atoms with E-state index in [0.717, 1.165) is 5.56 Å². The maximum atomic E-state index is 12.4. The zero-order valence-electron chi connectivity index (χ0n) is 16.6. The zero-order chi connectivity index (χ0) is 20.9. The second-order valence-corrected chi connectivity index (χ2v) is 7.25. The number of carbonyl (C=O) groups is 1. The van der Waals surface area contributed by atoms with Crippen molar-refractivity contribution in [3.05, 3.63) is 46.4 Å². The van der Waals surface area contributed by atoms with Crippen LogP contribution in [0.15, 0.2) is 35.3 Å². The number of amides is 1. The zero-order valence-corrected chi connectivity index (χ0v) is 16.6. The number of benzene rings is 1. The number of nitrogens with zero attached hydrogens (tertiary/aromatic N) is 3. The Kier molecular flexibility index (Phi) is 6.41. The number of carbonyl (C=O) groups excluding carboxylic acids is 1. The van der Waals surface area contributed by atoms with E-state index in [1.165, 1.54) is 18.0 Å². The summed E-state index contributed by atoms with van der Waals surface area (Å²) in [5.74, 6) is 0.386. The summed E-state index contributed by atoms with van der Waals surface area (Å²) in [5, 5.41) is 15.8. The lowest BCUT2D eigenvalue weighted by atomic mass is 10.0. The Balaban J connectivity index is 2.17. The number of methoxy groups -OCH3 is 1. The summed E-state index contributed by atoms with van der Waals surface area (Å²) in [6.07, 6.45) is 1.16. The summed E-state index contributed by atoms with van der Waals surface area (Å²) in [4.78, 5) is 24.3. The van der Waals surface area contributed by atoms with Gasteiger partial charge >= 0.3 is 6.09 Å². The first-order chi connectivity index (χ1) is 13.1. The Labute approximate surface area is 163 Å². The van der Waals surface area contributed by atoms with Crippen LogP contribution >= 0.6 is 0 Å². The highest BCUT2D eigenvalue weighted by Gasteiger charge is 2.20. The Bertz CT molecular complexity index is 937. The third-order valence-electron chi connectivity index (χ3n) is 3.85. The van der Waals surface area contributed by atoms with Gasteiger partial charge < -0.3 is 14.8 Å². The Morgan fingerprint density at radius 1 is 1.32 bits per heavy atom. The SMILES string of the molecule is COc1cnn(C)c(=O)c1-c1ccc(C[C@@H](C#N)NC(=O)OC(C)(C)C)cc1. The van der Waals surface area contributed by atoms with Crippen LogP contribution in [0.3, 0.4) is 0 Å². The maximum absolute atomic E-state index is 12.4. The van der Waals surface area contributed by atoms with Gasteiger partial charge in [-0.2, -0.15) is 10.4 Å². The quantitative estimate of drug-likeness (QED) is 0.848. The molecule has 0 saturated heterocycles. The van der Waals surface area contributed by atoms with E-state index in [1.807, 2.05) is 0 Å². The van der Waals surface area contributed by atoms with Crippen LogP contribution in [0.2, 0.25) is 0 Å². The molecule has 1 atom stereocenters. The molecule has 0 saturated carbocycles. The normalized spacial score (nSPS) is 12.0. The molecule has 8 nitrogen and oxygen atoms in total. The molecule has 0 bridgehead atoms. The molecule has 1 aromatic carbocycles. The minimum atomic E-state index is -0.732. The molecular weight excluding hydrogens is 360 g/mol. The fourth-order valence-corrected chi connectivity index (χ4v) is 2.57. The molecule has 0 unspecified atom stereocenters. The molecule has 28 heavy (non-hydrogen) atoms. The first-order valence-electron chi connectivity index (χ1n) is 8.73. The van der Waals surface area contributed by atoms with Gasteiger partial charge in [-0.05, 0) is 31.9 Å². The topological polar surface area (TPSA) is 106 Å². The van der Waals surface area contributed by atoms with Gasteiger partial charge in [0, 0.05) is 13.5 Å². The average Bonchev–Trinajstić information content (AvgIpc) is 2.62. The van der Waals surface area contributed by atoms with E-state index >= 15 is 0 Å². The Hall–Kier alpha value is -3.34. The van der Waals surface area contributed by atoms with Crippen LogP contribution in [0.5, 0.6) is 5.75 Å². The molecular formula is C20H24N4O4. The van der Waals surface area contributed by atoms with Gasteiger partial charge in [0.25, 0.3) is 5.56 Å². The maximum Gasteiger partial charge on any atom is 0.408 e. The number of aromatic nitrogens is 2. The fourth-order valence-electron chi connectivity index (χ4n) is 2.57. The van der Waals surface area contributed by atoms with Crippen molar-refractivity contribution in [2.75, 3.05) is 7.11 Å². The van der Waals surface area contributed by atoms with Gasteiger partial charge in [-0.1, -0.05) is 24.3 Å². The molecule has 8 heteroatoms. The van der Waals surface area contributed by atoms with E-state index in [4.69, 9.17) is 9.47 Å². The molecule has 0 fully saturated rings. The lowest BCUT2D eigenvalue weighted by Gasteiger charge is -2.21. The smallest absolute Gasteiger partial charge is 0.408 e. The van der Waals surface area contributed by atoms with Crippen molar-refractivity contribution in [1.82, 2.24) is 15.1 Å². The summed E-state index contributed by atoms with van der Waals surface area (Å²) < 4.78 is 11.7. The fraction of sp³-hybridized carbons (Fsp3) is 0.400. The van der Waals surface area contributed by atoms with Crippen molar-refractivity contribution in [2.24, 2.45) is 7.05 Å². The van der Waals surface area contributed by atoms with E-state index in [2.05, 4.69) is 16.5 Å². The lowest BCUT2D eigenvalue weighted by Crippen LogP contribution is -2.39. The van der Waals surface area contributed by atoms with Gasteiger partial charge in [-0.25, -0.2) is 9.48 Å². The molecule has 0 aliphatic carbocycles. The lowest BCUT2D eigenvalue weighted by molar-refractivity contribution is 0.0516. The van der Waals surface area contributed by atoms with Gasteiger partial charge in [-0.3, -0.25) is 4.79 Å². The number of hydrogen-bond donors (Lipinski definition) is 1. The van der Waals surface area contributed by atoms with Crippen molar-refractivity contribution >= 4 is 6.09 Å². The average molecular weight is 384 g/mol. The standard InChI is InChI=1S/C20H24N4O4/c1-20(2,3)28-19(26)23-15(11-21)10-13-6-8-14(9-7-13)17-16(27-5)12-22-24(4)18(17)25/h6-9,12,15H,10H2,1-5H3,(H,23,26)/t15-/m0/s1. The highest BCUT2D eigenvalue weighted by Crippen LogP contribution is 2.25. The van der Waals surface area contributed by atoms with Crippen LogP contribution in [0.1, 0.15) is 26.3 Å². The second kappa shape index (κ2) is 8.57. The number of ether oxygens (including phenoxy) is 2. The molecule has 0 aliphatic rings. The predicted octanol–water partition coefficient (Wildman–Crippen LogP) is 2.42. The summed E-state index contributed by atoms with van der Waals surface area (Å²) in [6, 6.07) is 8.47. The van der Waals surface area contributed by atoms with Crippen molar-refractivity contribution in [2.45, 2.75) is 38.8 Å². The summed E-state index contributed by atoms with van der Waals surface area (Å²) >= 11 is 0. The van der Waals surface area contributed by atoms with Crippen molar-refractivity contribution in [3.63, 3.8) is 0 Å². The molecule has 0 aliphatic heterocycles. The van der Waals surface area contributed by atoms with E-state index in [0.29, 0.717) is 23.3 Å². The summed E-state index contributed by atoms with van der Waals surface area (Å²) in [5.41, 5.74) is 1.01. The Morgan fingerprint density at radius 2 is 1.96 bits per heavy atom. The monoisotopic (exact) mass is 384 g/mol.